The zero-order valence-corrected chi connectivity index (χ0v) is 21.7. The van der Waals surface area contributed by atoms with Crippen molar-refractivity contribution in [1.29, 1.82) is 0 Å². The van der Waals surface area contributed by atoms with Crippen LogP contribution in [0.1, 0.15) is 64.4 Å². The number of amides is 3. The Kier molecular flexibility index (Phi) is 11.2. The molecule has 2 aliphatic rings. The number of carbonyl (C=O) groups excluding carboxylic acids is 4. The molecule has 3 N–H and O–H groups in total. The monoisotopic (exact) mass is 517 g/mol. The first-order chi connectivity index (χ1) is 17.8. The van der Waals surface area contributed by atoms with Crippen LogP contribution < -0.4 is 16.0 Å². The second-order valence-corrected chi connectivity index (χ2v) is 10.00. The summed E-state index contributed by atoms with van der Waals surface area (Å²) in [6.45, 7) is 4.96. The Labute approximate surface area is 218 Å². The lowest BCUT2D eigenvalue weighted by Crippen LogP contribution is -2.49. The van der Waals surface area contributed by atoms with Gasteiger partial charge in [0.1, 0.15) is 18.8 Å². The van der Waals surface area contributed by atoms with Gasteiger partial charge in [0.2, 0.25) is 5.91 Å². The molecule has 3 atom stereocenters. The van der Waals surface area contributed by atoms with Gasteiger partial charge in [-0.05, 0) is 56.4 Å². The van der Waals surface area contributed by atoms with Gasteiger partial charge in [0.25, 0.3) is 5.91 Å². The highest BCUT2D eigenvalue weighted by Gasteiger charge is 2.52. The number of rotatable bonds is 14. The second kappa shape index (κ2) is 14.6. The van der Waals surface area contributed by atoms with Gasteiger partial charge in [0.05, 0.1) is 0 Å². The van der Waals surface area contributed by atoms with Gasteiger partial charge in [0.15, 0.2) is 12.2 Å². The van der Waals surface area contributed by atoms with Crippen molar-refractivity contribution in [3.8, 4) is 0 Å². The number of ether oxygens (including phenoxy) is 3. The van der Waals surface area contributed by atoms with Crippen molar-refractivity contribution in [2.45, 2.75) is 89.8 Å². The average molecular weight is 518 g/mol. The molecule has 1 heterocycles. The fourth-order valence-electron chi connectivity index (χ4n) is 4.23. The number of nitrogens with one attached hydrogen (secondary N) is 3. The molecule has 1 aromatic rings. The summed E-state index contributed by atoms with van der Waals surface area (Å²) in [6.07, 6.45) is 3.15. The molecule has 10 heteroatoms. The number of carbonyl (C=O) groups is 4. The van der Waals surface area contributed by atoms with Gasteiger partial charge in [-0.25, -0.2) is 9.59 Å². The summed E-state index contributed by atoms with van der Waals surface area (Å²) in [5.41, 5.74) is 0.913. The summed E-state index contributed by atoms with van der Waals surface area (Å²) < 4.78 is 15.8. The average Bonchev–Trinajstić information content (AvgIpc) is 3.53. The molecule has 0 unspecified atom stereocenters. The van der Waals surface area contributed by atoms with Crippen molar-refractivity contribution >= 4 is 23.9 Å². The Morgan fingerprint density at radius 1 is 0.973 bits per heavy atom. The number of esters is 1. The van der Waals surface area contributed by atoms with E-state index in [9.17, 15) is 19.2 Å². The van der Waals surface area contributed by atoms with Gasteiger partial charge in [0, 0.05) is 13.1 Å². The van der Waals surface area contributed by atoms with Crippen molar-refractivity contribution in [1.82, 2.24) is 16.0 Å². The van der Waals surface area contributed by atoms with E-state index in [1.54, 1.807) is 0 Å². The van der Waals surface area contributed by atoms with Gasteiger partial charge in [-0.15, -0.1) is 0 Å². The van der Waals surface area contributed by atoms with Gasteiger partial charge in [-0.1, -0.05) is 44.2 Å². The number of alkyl carbamates (subject to hydrolysis) is 1. The summed E-state index contributed by atoms with van der Waals surface area (Å²) >= 11 is 0. The van der Waals surface area contributed by atoms with E-state index >= 15 is 0 Å². The number of unbranched alkanes of at least 4 members (excludes halogenated alkanes) is 1. The predicted molar refractivity (Wildman–Crippen MR) is 135 cm³/mol. The normalized spacial score (nSPS) is 19.6. The molecule has 0 radical (unpaired) electrons. The maximum absolute atomic E-state index is 12.7. The Balaban J connectivity index is 1.30. The molecule has 0 spiro atoms. The molecule has 1 saturated carbocycles. The molecular formula is C27H39N3O7. The second-order valence-electron chi connectivity index (χ2n) is 10.00. The SMILES string of the molecule is CC(C)C[C@H](NC(=O)[C@H]1O[C@@H]1C(=O)OC1CCCC1)C(=O)NCCCCNC(=O)OCc1ccccc1. The minimum atomic E-state index is -0.913. The summed E-state index contributed by atoms with van der Waals surface area (Å²) in [6, 6.07) is 8.69. The van der Waals surface area contributed by atoms with E-state index in [2.05, 4.69) is 16.0 Å². The van der Waals surface area contributed by atoms with Crippen LogP contribution in [0, 0.1) is 5.92 Å². The van der Waals surface area contributed by atoms with Gasteiger partial charge in [-0.3, -0.25) is 9.59 Å². The van der Waals surface area contributed by atoms with E-state index in [1.165, 1.54) is 0 Å². The third-order valence-electron chi connectivity index (χ3n) is 6.29. The van der Waals surface area contributed by atoms with Crippen LogP contribution in [0.15, 0.2) is 30.3 Å². The van der Waals surface area contributed by atoms with Crippen molar-refractivity contribution < 1.29 is 33.4 Å². The maximum atomic E-state index is 12.7. The predicted octanol–water partition coefficient (Wildman–Crippen LogP) is 2.59. The van der Waals surface area contributed by atoms with Crippen LogP contribution in [-0.2, 0) is 35.2 Å². The lowest BCUT2D eigenvalue weighted by atomic mass is 10.0. The molecule has 1 saturated heterocycles. The first-order valence-electron chi connectivity index (χ1n) is 13.2. The molecule has 2 fully saturated rings. The molecule has 204 valence electrons. The third-order valence-corrected chi connectivity index (χ3v) is 6.29. The quantitative estimate of drug-likeness (QED) is 0.196. The Hall–Kier alpha value is -3.14. The standard InChI is InChI=1S/C27H39N3O7/c1-18(2)16-21(30-25(32)22-23(37-22)26(33)36-20-12-6-7-13-20)24(31)28-14-8-9-15-29-27(34)35-17-19-10-4-3-5-11-19/h3-5,10-11,18,20-23H,6-9,12-17H2,1-2H3,(H,28,31)(H,29,34)(H,30,32)/t21-,22-,23-/m0/s1. The van der Waals surface area contributed by atoms with E-state index in [4.69, 9.17) is 14.2 Å². The van der Waals surface area contributed by atoms with Crippen LogP contribution in [0.4, 0.5) is 4.79 Å². The Morgan fingerprint density at radius 3 is 2.32 bits per heavy atom. The van der Waals surface area contributed by atoms with E-state index in [-0.39, 0.29) is 24.5 Å². The highest BCUT2D eigenvalue weighted by molar-refractivity contribution is 5.95. The minimum absolute atomic E-state index is 0.0880. The summed E-state index contributed by atoms with van der Waals surface area (Å²) in [7, 11) is 0. The molecule has 1 aliphatic heterocycles. The zero-order chi connectivity index (χ0) is 26.6. The van der Waals surface area contributed by atoms with Crippen molar-refractivity contribution in [3.63, 3.8) is 0 Å². The van der Waals surface area contributed by atoms with Gasteiger partial charge < -0.3 is 30.2 Å². The Bertz CT molecular complexity index is 903. The van der Waals surface area contributed by atoms with Crippen LogP contribution >= 0.6 is 0 Å². The Morgan fingerprint density at radius 2 is 1.65 bits per heavy atom. The van der Waals surface area contributed by atoms with Crippen molar-refractivity contribution in [2.75, 3.05) is 13.1 Å². The van der Waals surface area contributed by atoms with Crippen molar-refractivity contribution in [2.24, 2.45) is 5.92 Å². The molecule has 37 heavy (non-hydrogen) atoms. The molecule has 3 rings (SSSR count). The van der Waals surface area contributed by atoms with E-state index in [0.717, 1.165) is 31.2 Å². The fraction of sp³-hybridized carbons (Fsp3) is 0.630. The molecule has 1 aliphatic carbocycles. The summed E-state index contributed by atoms with van der Waals surface area (Å²) in [5, 5.41) is 8.25. The van der Waals surface area contributed by atoms with Crippen LogP contribution in [0.25, 0.3) is 0 Å². The minimum Gasteiger partial charge on any atom is -0.460 e. The van der Waals surface area contributed by atoms with Crippen LogP contribution in [0.2, 0.25) is 0 Å². The maximum Gasteiger partial charge on any atom is 0.407 e. The summed E-state index contributed by atoms with van der Waals surface area (Å²) in [4.78, 5) is 49.3. The fourth-order valence-corrected chi connectivity index (χ4v) is 4.23. The van der Waals surface area contributed by atoms with E-state index in [0.29, 0.717) is 32.4 Å². The van der Waals surface area contributed by atoms with E-state index < -0.39 is 36.2 Å². The number of epoxide rings is 1. The topological polar surface area (TPSA) is 135 Å². The highest BCUT2D eigenvalue weighted by Crippen LogP contribution is 2.28. The van der Waals surface area contributed by atoms with Crippen molar-refractivity contribution in [3.05, 3.63) is 35.9 Å². The van der Waals surface area contributed by atoms with E-state index in [1.807, 2.05) is 44.2 Å². The number of hydrogen-bond acceptors (Lipinski definition) is 7. The summed E-state index contributed by atoms with van der Waals surface area (Å²) in [5.74, 6) is -1.10. The highest BCUT2D eigenvalue weighted by atomic mass is 16.6. The molecular weight excluding hydrogens is 478 g/mol. The number of benzene rings is 1. The molecule has 0 bridgehead atoms. The third kappa shape index (κ3) is 10.0. The molecule has 10 nitrogen and oxygen atoms in total. The largest absolute Gasteiger partial charge is 0.460 e. The lowest BCUT2D eigenvalue weighted by molar-refractivity contribution is -0.150. The molecule has 3 amide bonds. The van der Waals surface area contributed by atoms with Crippen LogP contribution in [0.5, 0.6) is 0 Å². The van der Waals surface area contributed by atoms with Gasteiger partial charge in [-0.2, -0.15) is 0 Å². The molecule has 1 aromatic carbocycles. The smallest absolute Gasteiger partial charge is 0.407 e. The van der Waals surface area contributed by atoms with Crippen LogP contribution in [0.3, 0.4) is 0 Å². The lowest BCUT2D eigenvalue weighted by Gasteiger charge is -2.20. The molecule has 0 aromatic heterocycles. The van der Waals surface area contributed by atoms with Crippen LogP contribution in [-0.4, -0.2) is 61.3 Å². The zero-order valence-electron chi connectivity index (χ0n) is 21.7. The number of hydrogen-bond donors (Lipinski definition) is 3. The first kappa shape index (κ1) is 28.4. The van der Waals surface area contributed by atoms with Gasteiger partial charge >= 0.3 is 12.1 Å². The first-order valence-corrected chi connectivity index (χ1v) is 13.2.